The Morgan fingerprint density at radius 1 is 0.392 bits per heavy atom. The highest BCUT2D eigenvalue weighted by Gasteiger charge is 2.23. The Bertz CT molecular complexity index is 2720. The van der Waals surface area contributed by atoms with E-state index in [1.54, 1.807) is 0 Å². The van der Waals surface area contributed by atoms with Crippen molar-refractivity contribution in [3.63, 3.8) is 0 Å². The van der Waals surface area contributed by atoms with E-state index in [1.165, 1.54) is 71.3 Å². The Morgan fingerprint density at radius 3 is 1.73 bits per heavy atom. The van der Waals surface area contributed by atoms with Crippen LogP contribution in [0.25, 0.3) is 88.2 Å². The van der Waals surface area contributed by atoms with Gasteiger partial charge in [-0.05, 0) is 113 Å². The predicted octanol–water partition coefficient (Wildman–Crippen LogP) is 13.5. The molecular weight excluding hydrogens is 615 g/mol. The molecule has 240 valence electrons. The molecule has 0 amide bonds. The van der Waals surface area contributed by atoms with Crippen molar-refractivity contribution in [3.05, 3.63) is 187 Å². The monoisotopic (exact) mass is 649 g/mol. The van der Waals surface area contributed by atoms with E-state index in [0.29, 0.717) is 5.92 Å². The quantitative estimate of drug-likeness (QED) is 0.173. The van der Waals surface area contributed by atoms with Gasteiger partial charge in [-0.3, -0.25) is 0 Å². The molecule has 1 atom stereocenters. The zero-order valence-corrected chi connectivity index (χ0v) is 28.5. The van der Waals surface area contributed by atoms with Crippen molar-refractivity contribution < 1.29 is 0 Å². The van der Waals surface area contributed by atoms with Crippen LogP contribution < -0.4 is 0 Å². The molecule has 0 radical (unpaired) electrons. The van der Waals surface area contributed by atoms with Crippen LogP contribution in [0.4, 0.5) is 0 Å². The predicted molar refractivity (Wildman–Crippen MR) is 216 cm³/mol. The summed E-state index contributed by atoms with van der Waals surface area (Å²) in [5.74, 6) is 0.498. The zero-order valence-electron chi connectivity index (χ0n) is 28.5. The average molecular weight is 650 g/mol. The van der Waals surface area contributed by atoms with Crippen LogP contribution in [0.1, 0.15) is 24.0 Å². The third kappa shape index (κ3) is 4.96. The molecule has 0 aliphatic heterocycles. The minimum atomic E-state index is 0.498. The lowest BCUT2D eigenvalue weighted by Gasteiger charge is -2.26. The fourth-order valence-electron chi connectivity index (χ4n) is 8.42. The minimum Gasteiger partial charge on any atom is -0.248 e. The van der Waals surface area contributed by atoms with Crippen molar-refractivity contribution >= 4 is 32.3 Å². The van der Waals surface area contributed by atoms with Gasteiger partial charge >= 0.3 is 0 Å². The molecule has 0 unspecified atom stereocenters. The van der Waals surface area contributed by atoms with Gasteiger partial charge in [0.1, 0.15) is 0 Å². The standard InChI is InChI=1S/C50H35N/c1-32-27-36-17-8-9-18-40(36)46-29-37(24-25-39(32)46)41-21-12-22-44-42-19-10-11-20-43(42)47-28-35(23-26-45(47)50(41)44)38-30-48(33-13-4-2-5-14-33)51-49(31-38)34-15-6-3-7-16-34/h2-26,28-32H,27H2,1H3/t32-/m1/s1. The SMILES string of the molecule is C[C@@H]1Cc2ccccc2-c2cc(-c3cccc4c5ccccc5c5cc(-c6cc(-c7ccccc7)nc(-c7ccccc7)c6)ccc5c34)ccc21. The topological polar surface area (TPSA) is 12.9 Å². The number of hydrogen-bond acceptors (Lipinski definition) is 1. The largest absolute Gasteiger partial charge is 0.248 e. The van der Waals surface area contributed by atoms with Gasteiger partial charge in [0.05, 0.1) is 11.4 Å². The molecule has 1 aliphatic carbocycles. The first-order valence-electron chi connectivity index (χ1n) is 17.9. The number of hydrogen-bond donors (Lipinski definition) is 0. The molecule has 0 fully saturated rings. The van der Waals surface area contributed by atoms with E-state index in [2.05, 4.69) is 183 Å². The maximum Gasteiger partial charge on any atom is 0.0715 e. The Balaban J connectivity index is 1.21. The Morgan fingerprint density at radius 2 is 0.980 bits per heavy atom. The highest BCUT2D eigenvalue weighted by atomic mass is 14.7. The Labute approximate surface area is 298 Å². The van der Waals surface area contributed by atoms with Gasteiger partial charge < -0.3 is 0 Å². The van der Waals surface area contributed by atoms with Gasteiger partial charge in [-0.25, -0.2) is 4.98 Å². The summed E-state index contributed by atoms with van der Waals surface area (Å²) in [5.41, 5.74) is 14.7. The van der Waals surface area contributed by atoms with E-state index in [9.17, 15) is 0 Å². The molecule has 1 nitrogen and oxygen atoms in total. The highest BCUT2D eigenvalue weighted by Crippen LogP contribution is 2.45. The number of nitrogens with zero attached hydrogens (tertiary/aromatic N) is 1. The van der Waals surface area contributed by atoms with E-state index in [1.807, 2.05) is 0 Å². The first kappa shape index (κ1) is 29.6. The third-order valence-corrected chi connectivity index (χ3v) is 10.9. The number of benzene rings is 8. The molecule has 1 aromatic heterocycles. The molecule has 0 saturated carbocycles. The smallest absolute Gasteiger partial charge is 0.0715 e. The molecule has 8 aromatic carbocycles. The number of aromatic nitrogens is 1. The maximum absolute atomic E-state index is 5.15. The summed E-state index contributed by atoms with van der Waals surface area (Å²) in [7, 11) is 0. The lowest BCUT2D eigenvalue weighted by atomic mass is 9.78. The Hall–Kier alpha value is -6.31. The molecule has 9 aromatic rings. The second-order valence-corrected chi connectivity index (χ2v) is 14.0. The van der Waals surface area contributed by atoms with Crippen LogP contribution in [0.2, 0.25) is 0 Å². The van der Waals surface area contributed by atoms with Crippen molar-refractivity contribution in [2.24, 2.45) is 0 Å². The number of rotatable bonds is 4. The number of pyridine rings is 1. The van der Waals surface area contributed by atoms with Crippen molar-refractivity contribution in [2.75, 3.05) is 0 Å². The van der Waals surface area contributed by atoms with Crippen LogP contribution in [0.5, 0.6) is 0 Å². The summed E-state index contributed by atoms with van der Waals surface area (Å²) < 4.78 is 0. The van der Waals surface area contributed by atoms with Gasteiger partial charge in [-0.15, -0.1) is 0 Å². The van der Waals surface area contributed by atoms with Crippen LogP contribution in [0, 0.1) is 0 Å². The normalized spacial score (nSPS) is 13.7. The summed E-state index contributed by atoms with van der Waals surface area (Å²) in [6.07, 6.45) is 1.09. The Kier molecular flexibility index (Phi) is 6.92. The van der Waals surface area contributed by atoms with Gasteiger partial charge in [0, 0.05) is 11.1 Å². The lowest BCUT2D eigenvalue weighted by Crippen LogP contribution is -2.08. The van der Waals surface area contributed by atoms with E-state index >= 15 is 0 Å². The first-order chi connectivity index (χ1) is 25.2. The molecule has 0 spiro atoms. The van der Waals surface area contributed by atoms with Crippen LogP contribution in [-0.2, 0) is 6.42 Å². The van der Waals surface area contributed by atoms with E-state index < -0.39 is 0 Å². The highest BCUT2D eigenvalue weighted by molar-refractivity contribution is 6.28. The molecule has 1 heteroatoms. The fourth-order valence-corrected chi connectivity index (χ4v) is 8.42. The van der Waals surface area contributed by atoms with Gasteiger partial charge in [0.2, 0.25) is 0 Å². The molecule has 1 aliphatic rings. The van der Waals surface area contributed by atoms with Gasteiger partial charge in [0.15, 0.2) is 0 Å². The van der Waals surface area contributed by atoms with Crippen molar-refractivity contribution in [2.45, 2.75) is 19.3 Å². The molecule has 0 saturated heterocycles. The molecule has 10 rings (SSSR count). The summed E-state index contributed by atoms with van der Waals surface area (Å²) in [5, 5.41) is 7.68. The van der Waals surface area contributed by atoms with Crippen LogP contribution >= 0.6 is 0 Å². The minimum absolute atomic E-state index is 0.498. The van der Waals surface area contributed by atoms with Crippen molar-refractivity contribution in [1.29, 1.82) is 0 Å². The third-order valence-electron chi connectivity index (χ3n) is 10.9. The average Bonchev–Trinajstić information content (AvgIpc) is 3.21. The van der Waals surface area contributed by atoms with E-state index in [4.69, 9.17) is 4.98 Å². The molecule has 0 N–H and O–H groups in total. The van der Waals surface area contributed by atoms with E-state index in [-0.39, 0.29) is 0 Å². The molecule has 1 heterocycles. The summed E-state index contributed by atoms with van der Waals surface area (Å²) in [4.78, 5) is 5.15. The maximum atomic E-state index is 5.15. The van der Waals surface area contributed by atoms with Crippen LogP contribution in [-0.4, -0.2) is 4.98 Å². The molecule has 0 bridgehead atoms. The molecule has 51 heavy (non-hydrogen) atoms. The lowest BCUT2D eigenvalue weighted by molar-refractivity contribution is 0.749. The summed E-state index contributed by atoms with van der Waals surface area (Å²) >= 11 is 0. The van der Waals surface area contributed by atoms with Gasteiger partial charge in [-0.2, -0.15) is 0 Å². The molecular formula is C50H35N. The fraction of sp³-hybridized carbons (Fsp3) is 0.0600. The van der Waals surface area contributed by atoms with Crippen LogP contribution in [0.15, 0.2) is 176 Å². The summed E-state index contributed by atoms with van der Waals surface area (Å²) in [6.45, 7) is 2.36. The zero-order chi connectivity index (χ0) is 33.9. The van der Waals surface area contributed by atoms with E-state index in [0.717, 1.165) is 34.5 Å². The van der Waals surface area contributed by atoms with Crippen LogP contribution in [0.3, 0.4) is 0 Å². The van der Waals surface area contributed by atoms with Gasteiger partial charge in [-0.1, -0.05) is 159 Å². The summed E-state index contributed by atoms with van der Waals surface area (Å²) in [6, 6.07) is 64.4. The first-order valence-corrected chi connectivity index (χ1v) is 17.9. The number of fused-ring (bicyclic) bond motifs is 9. The van der Waals surface area contributed by atoms with Crippen molar-refractivity contribution in [1.82, 2.24) is 4.98 Å². The second kappa shape index (κ2) is 11.9. The van der Waals surface area contributed by atoms with Crippen molar-refractivity contribution in [3.8, 4) is 55.9 Å². The van der Waals surface area contributed by atoms with Gasteiger partial charge in [0.25, 0.3) is 0 Å². The second-order valence-electron chi connectivity index (χ2n) is 14.0.